The largest absolute Gasteiger partial charge is 0.383 e. The number of anilines is 1. The first-order valence-electron chi connectivity index (χ1n) is 6.06. The van der Waals surface area contributed by atoms with Crippen LogP contribution in [0.15, 0.2) is 53.0 Å². The van der Waals surface area contributed by atoms with E-state index in [0.29, 0.717) is 19.8 Å². The Morgan fingerprint density at radius 1 is 1.11 bits per heavy atom. The first-order valence-corrected chi connectivity index (χ1v) is 6.85. The van der Waals surface area contributed by atoms with Crippen molar-refractivity contribution in [2.45, 2.75) is 6.61 Å². The van der Waals surface area contributed by atoms with Crippen LogP contribution in [-0.2, 0) is 11.3 Å². The molecule has 0 saturated heterocycles. The second-order valence-corrected chi connectivity index (χ2v) is 5.04. The average molecular weight is 324 g/mol. The number of ether oxygens (including phenoxy) is 1. The molecule has 0 saturated carbocycles. The van der Waals surface area contributed by atoms with E-state index >= 15 is 0 Å². The van der Waals surface area contributed by atoms with Gasteiger partial charge in [-0.2, -0.15) is 0 Å². The van der Waals surface area contributed by atoms with Crippen LogP contribution in [0.4, 0.5) is 10.1 Å². The van der Waals surface area contributed by atoms with Crippen LogP contribution in [-0.4, -0.2) is 13.2 Å². The Morgan fingerprint density at radius 2 is 1.95 bits per heavy atom. The molecule has 0 heterocycles. The van der Waals surface area contributed by atoms with E-state index in [2.05, 4.69) is 21.2 Å². The molecule has 0 aromatic heterocycles. The lowest BCUT2D eigenvalue weighted by molar-refractivity contribution is 0.130. The van der Waals surface area contributed by atoms with Gasteiger partial charge in [-0.25, -0.2) is 4.39 Å². The van der Waals surface area contributed by atoms with Gasteiger partial charge in [0, 0.05) is 16.7 Å². The number of hydrogen-bond donors (Lipinski definition) is 1. The molecule has 100 valence electrons. The molecule has 2 rings (SSSR count). The van der Waals surface area contributed by atoms with Gasteiger partial charge in [-0.1, -0.05) is 34.1 Å². The molecule has 0 aliphatic rings. The van der Waals surface area contributed by atoms with Crippen LogP contribution >= 0.6 is 15.9 Å². The fraction of sp³-hybridized carbons (Fsp3) is 0.200. The van der Waals surface area contributed by atoms with E-state index in [4.69, 9.17) is 4.74 Å². The van der Waals surface area contributed by atoms with E-state index < -0.39 is 0 Å². The summed E-state index contributed by atoms with van der Waals surface area (Å²) in [7, 11) is 0. The van der Waals surface area contributed by atoms with Crippen molar-refractivity contribution >= 4 is 21.6 Å². The van der Waals surface area contributed by atoms with Gasteiger partial charge in [0.05, 0.1) is 13.2 Å². The van der Waals surface area contributed by atoms with Gasteiger partial charge in [0.15, 0.2) is 0 Å². The molecule has 0 atom stereocenters. The molecule has 0 amide bonds. The van der Waals surface area contributed by atoms with Gasteiger partial charge in [-0.05, 0) is 35.9 Å². The Hall–Kier alpha value is -1.39. The van der Waals surface area contributed by atoms with Crippen molar-refractivity contribution in [3.63, 3.8) is 0 Å². The van der Waals surface area contributed by atoms with Crippen LogP contribution < -0.4 is 5.32 Å². The summed E-state index contributed by atoms with van der Waals surface area (Å²) in [5, 5.41) is 3.11. The summed E-state index contributed by atoms with van der Waals surface area (Å²) in [4.78, 5) is 0. The second-order valence-electron chi connectivity index (χ2n) is 4.12. The van der Waals surface area contributed by atoms with Crippen LogP contribution in [0, 0.1) is 5.82 Å². The van der Waals surface area contributed by atoms with E-state index in [1.807, 2.05) is 30.3 Å². The van der Waals surface area contributed by atoms with Gasteiger partial charge in [0.2, 0.25) is 0 Å². The maximum atomic E-state index is 12.9. The first kappa shape index (κ1) is 14.0. The Labute approximate surface area is 120 Å². The molecular formula is C15H15BrFNO. The van der Waals surface area contributed by atoms with Crippen molar-refractivity contribution in [3.05, 3.63) is 64.4 Å². The number of benzene rings is 2. The lowest BCUT2D eigenvalue weighted by Crippen LogP contribution is -2.09. The van der Waals surface area contributed by atoms with Crippen molar-refractivity contribution in [2.24, 2.45) is 0 Å². The Kier molecular flexibility index (Phi) is 5.36. The molecule has 0 spiro atoms. The van der Waals surface area contributed by atoms with Crippen molar-refractivity contribution in [2.75, 3.05) is 18.5 Å². The number of rotatable bonds is 6. The molecule has 0 aliphatic heterocycles. The van der Waals surface area contributed by atoms with Crippen LogP contribution in [0.2, 0.25) is 0 Å². The smallest absolute Gasteiger partial charge is 0.125 e. The molecule has 0 aliphatic carbocycles. The molecule has 0 unspecified atom stereocenters. The highest BCUT2D eigenvalue weighted by Gasteiger charge is 1.96. The zero-order valence-electron chi connectivity index (χ0n) is 10.4. The van der Waals surface area contributed by atoms with Gasteiger partial charge in [-0.15, -0.1) is 0 Å². The molecule has 1 N–H and O–H groups in total. The lowest BCUT2D eigenvalue weighted by atomic mass is 10.2. The maximum absolute atomic E-state index is 12.9. The predicted molar refractivity (Wildman–Crippen MR) is 78.7 cm³/mol. The summed E-state index contributed by atoms with van der Waals surface area (Å²) in [6, 6.07) is 14.4. The highest BCUT2D eigenvalue weighted by molar-refractivity contribution is 9.10. The topological polar surface area (TPSA) is 21.3 Å². The monoisotopic (exact) mass is 323 g/mol. The zero-order chi connectivity index (χ0) is 13.5. The standard InChI is InChI=1S/C15H15BrFNO/c16-13-4-1-3-12(9-13)11-19-8-7-18-15-6-2-5-14(17)10-15/h1-6,9-10,18H,7-8,11H2. The van der Waals surface area contributed by atoms with Gasteiger partial charge >= 0.3 is 0 Å². The number of halogens is 2. The van der Waals surface area contributed by atoms with Crippen molar-refractivity contribution in [1.82, 2.24) is 0 Å². The highest BCUT2D eigenvalue weighted by atomic mass is 79.9. The van der Waals surface area contributed by atoms with Crippen LogP contribution in [0.25, 0.3) is 0 Å². The third-order valence-corrected chi connectivity index (χ3v) is 3.05. The molecule has 0 fully saturated rings. The minimum atomic E-state index is -0.236. The summed E-state index contributed by atoms with van der Waals surface area (Å²) < 4.78 is 19.5. The molecule has 2 aromatic rings. The fourth-order valence-corrected chi connectivity index (χ4v) is 2.13. The third kappa shape index (κ3) is 5.01. The Balaban J connectivity index is 1.67. The zero-order valence-corrected chi connectivity index (χ0v) is 12.0. The van der Waals surface area contributed by atoms with Crippen LogP contribution in [0.1, 0.15) is 5.56 Å². The molecule has 4 heteroatoms. The Morgan fingerprint density at radius 3 is 2.74 bits per heavy atom. The van der Waals surface area contributed by atoms with Gasteiger partial charge in [0.1, 0.15) is 5.82 Å². The van der Waals surface area contributed by atoms with Gasteiger partial charge in [0.25, 0.3) is 0 Å². The van der Waals surface area contributed by atoms with Crippen molar-refractivity contribution in [1.29, 1.82) is 0 Å². The minimum absolute atomic E-state index is 0.236. The summed E-state index contributed by atoms with van der Waals surface area (Å²) in [5.41, 5.74) is 1.89. The molecule has 0 radical (unpaired) electrons. The quantitative estimate of drug-likeness (QED) is 0.804. The highest BCUT2D eigenvalue weighted by Crippen LogP contribution is 2.12. The third-order valence-electron chi connectivity index (χ3n) is 2.56. The van der Waals surface area contributed by atoms with Gasteiger partial charge in [-0.3, -0.25) is 0 Å². The molecule has 19 heavy (non-hydrogen) atoms. The molecular weight excluding hydrogens is 309 g/mol. The van der Waals surface area contributed by atoms with Crippen LogP contribution in [0.3, 0.4) is 0 Å². The van der Waals surface area contributed by atoms with Crippen LogP contribution in [0.5, 0.6) is 0 Å². The minimum Gasteiger partial charge on any atom is -0.383 e. The van der Waals surface area contributed by atoms with E-state index in [9.17, 15) is 4.39 Å². The summed E-state index contributed by atoms with van der Waals surface area (Å²) >= 11 is 3.42. The summed E-state index contributed by atoms with van der Waals surface area (Å²) in [5.74, 6) is -0.236. The lowest BCUT2D eigenvalue weighted by Gasteiger charge is -2.07. The summed E-state index contributed by atoms with van der Waals surface area (Å²) in [6.07, 6.45) is 0. The normalized spacial score (nSPS) is 10.4. The first-order chi connectivity index (χ1) is 9.24. The summed E-state index contributed by atoms with van der Waals surface area (Å²) in [6.45, 7) is 1.80. The molecule has 2 aromatic carbocycles. The van der Waals surface area contributed by atoms with Crippen molar-refractivity contribution in [3.8, 4) is 0 Å². The average Bonchev–Trinajstić information content (AvgIpc) is 2.38. The van der Waals surface area contributed by atoms with E-state index in [1.165, 1.54) is 12.1 Å². The van der Waals surface area contributed by atoms with Gasteiger partial charge < -0.3 is 10.1 Å². The number of hydrogen-bond acceptors (Lipinski definition) is 2. The van der Waals surface area contributed by atoms with E-state index in [-0.39, 0.29) is 5.82 Å². The molecule has 0 bridgehead atoms. The van der Waals surface area contributed by atoms with Crippen molar-refractivity contribution < 1.29 is 9.13 Å². The fourth-order valence-electron chi connectivity index (χ4n) is 1.68. The van der Waals surface area contributed by atoms with E-state index in [1.54, 1.807) is 6.07 Å². The van der Waals surface area contributed by atoms with E-state index in [0.717, 1.165) is 15.7 Å². The maximum Gasteiger partial charge on any atom is 0.125 e. The molecule has 2 nitrogen and oxygen atoms in total. The number of nitrogens with one attached hydrogen (secondary N) is 1. The second kappa shape index (κ2) is 7.26. The Bertz CT molecular complexity index is 486. The predicted octanol–water partition coefficient (Wildman–Crippen LogP) is 4.22. The SMILES string of the molecule is Fc1cccc(NCCOCc2cccc(Br)c2)c1.